The average Bonchev–Trinajstić information content (AvgIpc) is 3.09. The molecule has 1 N–H and O–H groups in total. The normalized spacial score (nSPS) is 10.6. The molecule has 0 aliphatic carbocycles. The lowest BCUT2D eigenvalue weighted by atomic mass is 10.3. The molecular weight excluding hydrogens is 285 g/mol. The van der Waals surface area contributed by atoms with Gasteiger partial charge in [0.05, 0.1) is 12.0 Å². The van der Waals surface area contributed by atoms with Crippen LogP contribution < -0.4 is 5.32 Å². The van der Waals surface area contributed by atoms with Gasteiger partial charge in [0.25, 0.3) is 0 Å². The number of nitrogens with zero attached hydrogens (tertiary/aromatic N) is 4. The highest BCUT2D eigenvalue weighted by Crippen LogP contribution is 2.19. The summed E-state index contributed by atoms with van der Waals surface area (Å²) in [5.41, 5.74) is 0.967. The van der Waals surface area contributed by atoms with E-state index >= 15 is 0 Å². The zero-order valence-electron chi connectivity index (χ0n) is 11.9. The maximum atomic E-state index is 13.9. The van der Waals surface area contributed by atoms with E-state index in [-0.39, 0.29) is 18.1 Å². The lowest BCUT2D eigenvalue weighted by molar-refractivity contribution is -0.116. The second kappa shape index (κ2) is 5.80. The molecule has 0 aliphatic rings. The Bertz CT molecular complexity index is 794. The van der Waals surface area contributed by atoms with Crippen LogP contribution in [0.2, 0.25) is 0 Å². The van der Waals surface area contributed by atoms with Crippen LogP contribution in [0.15, 0.2) is 49.1 Å². The summed E-state index contributed by atoms with van der Waals surface area (Å²) in [7, 11) is 0. The van der Waals surface area contributed by atoms with E-state index in [1.54, 1.807) is 54.5 Å². The monoisotopic (exact) mass is 299 g/mol. The molecule has 0 aliphatic heterocycles. The van der Waals surface area contributed by atoms with Crippen molar-refractivity contribution in [2.24, 2.45) is 0 Å². The van der Waals surface area contributed by atoms with Crippen molar-refractivity contribution in [3.63, 3.8) is 0 Å². The Hall–Kier alpha value is -2.96. The van der Waals surface area contributed by atoms with Gasteiger partial charge < -0.3 is 9.88 Å². The Morgan fingerprint density at radius 1 is 1.36 bits per heavy atom. The predicted octanol–water partition coefficient (Wildman–Crippen LogP) is 2.16. The van der Waals surface area contributed by atoms with E-state index in [1.165, 1.54) is 10.7 Å². The molecule has 0 bridgehead atoms. The minimum atomic E-state index is -0.407. The number of nitrogens with one attached hydrogen (secondary N) is 1. The summed E-state index contributed by atoms with van der Waals surface area (Å²) in [6, 6.07) is 7.97. The number of hydrogen-bond acceptors (Lipinski definition) is 3. The molecule has 0 atom stereocenters. The van der Waals surface area contributed by atoms with Crippen molar-refractivity contribution in [1.29, 1.82) is 0 Å². The zero-order valence-corrected chi connectivity index (χ0v) is 11.9. The van der Waals surface area contributed by atoms with Gasteiger partial charge in [-0.1, -0.05) is 12.1 Å². The molecule has 3 aromatic rings. The molecule has 0 spiro atoms. The first kappa shape index (κ1) is 14.0. The molecule has 22 heavy (non-hydrogen) atoms. The van der Waals surface area contributed by atoms with Gasteiger partial charge in [0.1, 0.15) is 23.9 Å². The SMILES string of the molecule is Cc1cc(NC(=O)Cn2ccnc2)n(-c2ccccc2F)n1. The van der Waals surface area contributed by atoms with Gasteiger partial charge in [-0.3, -0.25) is 4.79 Å². The third-order valence-electron chi connectivity index (χ3n) is 3.07. The van der Waals surface area contributed by atoms with Crippen molar-refractivity contribution < 1.29 is 9.18 Å². The number of amides is 1. The summed E-state index contributed by atoms with van der Waals surface area (Å²) in [5, 5.41) is 6.98. The van der Waals surface area contributed by atoms with Gasteiger partial charge in [0.2, 0.25) is 5.91 Å². The highest BCUT2D eigenvalue weighted by atomic mass is 19.1. The van der Waals surface area contributed by atoms with Crippen LogP contribution in [0, 0.1) is 12.7 Å². The quantitative estimate of drug-likeness (QED) is 0.803. The molecule has 0 saturated carbocycles. The number of para-hydroxylation sites is 1. The minimum Gasteiger partial charge on any atom is -0.328 e. The molecule has 2 heterocycles. The third-order valence-corrected chi connectivity index (χ3v) is 3.07. The van der Waals surface area contributed by atoms with E-state index in [0.717, 1.165) is 0 Å². The third kappa shape index (κ3) is 2.88. The van der Waals surface area contributed by atoms with Crippen molar-refractivity contribution in [3.05, 3.63) is 60.6 Å². The molecule has 6 nitrogen and oxygen atoms in total. The highest BCUT2D eigenvalue weighted by molar-refractivity contribution is 5.90. The van der Waals surface area contributed by atoms with E-state index in [4.69, 9.17) is 0 Å². The van der Waals surface area contributed by atoms with Crippen LogP contribution in [0.1, 0.15) is 5.69 Å². The van der Waals surface area contributed by atoms with Gasteiger partial charge in [-0.05, 0) is 19.1 Å². The van der Waals surface area contributed by atoms with E-state index in [2.05, 4.69) is 15.4 Å². The number of imidazole rings is 1. The standard InChI is InChI=1S/C15H14FN5O/c1-11-8-14(18-15(22)9-20-7-6-17-10-20)21(19-11)13-5-3-2-4-12(13)16/h2-8,10H,9H2,1H3,(H,18,22). The van der Waals surface area contributed by atoms with Gasteiger partial charge in [0.15, 0.2) is 0 Å². The highest BCUT2D eigenvalue weighted by Gasteiger charge is 2.13. The number of rotatable bonds is 4. The molecule has 1 amide bonds. The molecule has 0 fully saturated rings. The first-order valence-corrected chi connectivity index (χ1v) is 6.70. The van der Waals surface area contributed by atoms with Crippen LogP contribution in [0.5, 0.6) is 0 Å². The lowest BCUT2D eigenvalue weighted by Gasteiger charge is -2.09. The van der Waals surface area contributed by atoms with Gasteiger partial charge in [-0.15, -0.1) is 0 Å². The molecule has 0 unspecified atom stereocenters. The molecule has 7 heteroatoms. The van der Waals surface area contributed by atoms with Gasteiger partial charge in [-0.2, -0.15) is 5.10 Å². The number of benzene rings is 1. The number of aromatic nitrogens is 4. The van der Waals surface area contributed by atoms with E-state index in [0.29, 0.717) is 11.5 Å². The first-order valence-electron chi connectivity index (χ1n) is 6.70. The first-order chi connectivity index (χ1) is 10.6. The van der Waals surface area contributed by atoms with Crippen molar-refractivity contribution >= 4 is 11.7 Å². The number of anilines is 1. The van der Waals surface area contributed by atoms with Crippen molar-refractivity contribution in [2.45, 2.75) is 13.5 Å². The number of halogens is 1. The Balaban J connectivity index is 1.85. The predicted molar refractivity (Wildman–Crippen MR) is 79.1 cm³/mol. The summed E-state index contributed by atoms with van der Waals surface area (Å²) < 4.78 is 17.0. The minimum absolute atomic E-state index is 0.126. The lowest BCUT2D eigenvalue weighted by Crippen LogP contribution is -2.20. The molecule has 2 aromatic heterocycles. The second-order valence-electron chi connectivity index (χ2n) is 4.82. The van der Waals surface area contributed by atoms with Crippen molar-refractivity contribution in [2.75, 3.05) is 5.32 Å². The fourth-order valence-corrected chi connectivity index (χ4v) is 2.12. The summed E-state index contributed by atoms with van der Waals surface area (Å²) in [6.07, 6.45) is 4.85. The van der Waals surface area contributed by atoms with Crippen LogP contribution in [0.3, 0.4) is 0 Å². The molecular formula is C15H14FN5O. The fourth-order valence-electron chi connectivity index (χ4n) is 2.12. The van der Waals surface area contributed by atoms with E-state index < -0.39 is 5.82 Å². The van der Waals surface area contributed by atoms with Crippen LogP contribution >= 0.6 is 0 Å². The van der Waals surface area contributed by atoms with Gasteiger partial charge >= 0.3 is 0 Å². The smallest absolute Gasteiger partial charge is 0.245 e. The van der Waals surface area contributed by atoms with Crippen LogP contribution in [0.4, 0.5) is 10.2 Å². The van der Waals surface area contributed by atoms with Gasteiger partial charge in [-0.25, -0.2) is 14.1 Å². The molecule has 0 saturated heterocycles. The molecule has 0 radical (unpaired) electrons. The largest absolute Gasteiger partial charge is 0.328 e. The topological polar surface area (TPSA) is 64.7 Å². The maximum Gasteiger partial charge on any atom is 0.245 e. The van der Waals surface area contributed by atoms with Crippen molar-refractivity contribution in [3.8, 4) is 5.69 Å². The number of aryl methyl sites for hydroxylation is 1. The van der Waals surface area contributed by atoms with Gasteiger partial charge in [0, 0.05) is 18.5 Å². The Morgan fingerprint density at radius 2 is 2.18 bits per heavy atom. The average molecular weight is 299 g/mol. The molecule has 1 aromatic carbocycles. The summed E-state index contributed by atoms with van der Waals surface area (Å²) in [4.78, 5) is 15.9. The molecule has 3 rings (SSSR count). The van der Waals surface area contributed by atoms with Crippen molar-refractivity contribution in [1.82, 2.24) is 19.3 Å². The fraction of sp³-hybridized carbons (Fsp3) is 0.133. The number of carbonyl (C=O) groups is 1. The maximum absolute atomic E-state index is 13.9. The molecule has 112 valence electrons. The summed E-state index contributed by atoms with van der Waals surface area (Å²) in [5.74, 6) is -0.223. The van der Waals surface area contributed by atoms with E-state index in [9.17, 15) is 9.18 Å². The number of hydrogen-bond donors (Lipinski definition) is 1. The van der Waals surface area contributed by atoms with Crippen LogP contribution in [0.25, 0.3) is 5.69 Å². The Kier molecular flexibility index (Phi) is 3.69. The van der Waals surface area contributed by atoms with Crippen LogP contribution in [-0.4, -0.2) is 25.2 Å². The Labute approximate surface area is 126 Å². The Morgan fingerprint density at radius 3 is 2.91 bits per heavy atom. The van der Waals surface area contributed by atoms with Crippen LogP contribution in [-0.2, 0) is 11.3 Å². The zero-order chi connectivity index (χ0) is 15.5. The summed E-state index contributed by atoms with van der Waals surface area (Å²) in [6.45, 7) is 1.91. The van der Waals surface area contributed by atoms with E-state index in [1.807, 2.05) is 0 Å². The second-order valence-corrected chi connectivity index (χ2v) is 4.82. The number of carbonyl (C=O) groups excluding carboxylic acids is 1. The summed E-state index contributed by atoms with van der Waals surface area (Å²) >= 11 is 0.